The van der Waals surface area contributed by atoms with Crippen molar-refractivity contribution in [3.05, 3.63) is 47.5 Å². The molecule has 4 atom stereocenters. The van der Waals surface area contributed by atoms with Gasteiger partial charge in [0.15, 0.2) is 28.6 Å². The van der Waals surface area contributed by atoms with Crippen molar-refractivity contribution >= 4 is 0 Å². The van der Waals surface area contributed by atoms with Gasteiger partial charge in [-0.05, 0) is 42.8 Å². The molecule has 0 amide bonds. The summed E-state index contributed by atoms with van der Waals surface area (Å²) in [5, 5.41) is 11.9. The minimum Gasteiger partial charge on any atom is -0.454 e. The number of rotatable bonds is 4. The first-order chi connectivity index (χ1) is 14.6. The smallest absolute Gasteiger partial charge is 0.231 e. The van der Waals surface area contributed by atoms with Gasteiger partial charge in [-0.15, -0.1) is 0 Å². The van der Waals surface area contributed by atoms with Gasteiger partial charge in [0.2, 0.25) is 19.4 Å². The quantitative estimate of drug-likeness (QED) is 0.817. The summed E-state index contributed by atoms with van der Waals surface area (Å²) in [5.41, 5.74) is 0.202. The second-order valence-corrected chi connectivity index (χ2v) is 7.80. The lowest BCUT2D eigenvalue weighted by atomic mass is 9.78. The highest BCUT2D eigenvalue weighted by molar-refractivity contribution is 5.48. The highest BCUT2D eigenvalue weighted by atomic mass is 16.7. The van der Waals surface area contributed by atoms with Crippen molar-refractivity contribution in [1.82, 2.24) is 0 Å². The van der Waals surface area contributed by atoms with Crippen LogP contribution in [0, 0.1) is 5.92 Å². The maximum absolute atomic E-state index is 11.9. The van der Waals surface area contributed by atoms with Crippen molar-refractivity contribution < 1.29 is 38.3 Å². The number of fused-ring (bicyclic) bond motifs is 3. The maximum Gasteiger partial charge on any atom is 0.231 e. The molecular formula is C22H22O8. The van der Waals surface area contributed by atoms with E-state index >= 15 is 0 Å². The molecule has 4 aliphatic rings. The first-order valence-electron chi connectivity index (χ1n) is 10.1. The summed E-state index contributed by atoms with van der Waals surface area (Å²) >= 11 is 0. The normalized spacial score (nSPS) is 33.1. The van der Waals surface area contributed by atoms with E-state index in [4.69, 9.17) is 33.2 Å². The van der Waals surface area contributed by atoms with Gasteiger partial charge in [0.25, 0.3) is 0 Å². The van der Waals surface area contributed by atoms with Crippen LogP contribution in [0.15, 0.2) is 36.4 Å². The van der Waals surface area contributed by atoms with Gasteiger partial charge in [0.05, 0.1) is 19.3 Å². The Balaban J connectivity index is 1.38. The van der Waals surface area contributed by atoms with E-state index in [1.54, 1.807) is 0 Å². The van der Waals surface area contributed by atoms with Gasteiger partial charge in [0, 0.05) is 18.1 Å². The van der Waals surface area contributed by atoms with Crippen LogP contribution in [0.3, 0.4) is 0 Å². The number of aliphatic hydroxyl groups is 1. The Morgan fingerprint density at radius 2 is 1.67 bits per heavy atom. The largest absolute Gasteiger partial charge is 0.454 e. The summed E-state index contributed by atoms with van der Waals surface area (Å²) in [6.07, 6.45) is -0.360. The summed E-state index contributed by atoms with van der Waals surface area (Å²) in [7, 11) is 0. The van der Waals surface area contributed by atoms with Gasteiger partial charge in [-0.1, -0.05) is 6.07 Å². The van der Waals surface area contributed by atoms with Crippen LogP contribution >= 0.6 is 0 Å². The number of hydrogen-bond acceptors (Lipinski definition) is 8. The fourth-order valence-corrected chi connectivity index (χ4v) is 4.89. The molecule has 4 aliphatic heterocycles. The van der Waals surface area contributed by atoms with Gasteiger partial charge in [-0.2, -0.15) is 0 Å². The minimum atomic E-state index is -1.38. The van der Waals surface area contributed by atoms with Gasteiger partial charge >= 0.3 is 0 Å². The number of ether oxygens (including phenoxy) is 7. The highest BCUT2D eigenvalue weighted by Gasteiger charge is 2.69. The average molecular weight is 414 g/mol. The predicted octanol–water partition coefficient (Wildman–Crippen LogP) is 2.48. The Kier molecular flexibility index (Phi) is 3.95. The third-order valence-corrected chi connectivity index (χ3v) is 6.32. The third kappa shape index (κ3) is 2.36. The van der Waals surface area contributed by atoms with E-state index < -0.39 is 11.4 Å². The van der Waals surface area contributed by atoms with Crippen LogP contribution in [0.25, 0.3) is 0 Å². The van der Waals surface area contributed by atoms with Crippen molar-refractivity contribution in [2.24, 2.45) is 5.92 Å². The third-order valence-electron chi connectivity index (χ3n) is 6.32. The van der Waals surface area contributed by atoms with Crippen LogP contribution in [0.5, 0.6) is 23.0 Å². The lowest BCUT2D eigenvalue weighted by Crippen LogP contribution is -2.54. The van der Waals surface area contributed by atoms with Gasteiger partial charge in [-0.25, -0.2) is 0 Å². The van der Waals surface area contributed by atoms with E-state index in [-0.39, 0.29) is 38.8 Å². The molecule has 30 heavy (non-hydrogen) atoms. The zero-order valence-corrected chi connectivity index (χ0v) is 16.5. The molecule has 4 heterocycles. The van der Waals surface area contributed by atoms with Crippen LogP contribution < -0.4 is 18.9 Å². The molecule has 6 rings (SSSR count). The van der Waals surface area contributed by atoms with Gasteiger partial charge in [-0.3, -0.25) is 0 Å². The molecule has 2 saturated heterocycles. The molecule has 8 heteroatoms. The number of hydrogen-bond donors (Lipinski definition) is 1. The zero-order chi connectivity index (χ0) is 20.3. The maximum atomic E-state index is 11.9. The van der Waals surface area contributed by atoms with Crippen molar-refractivity contribution in [3.8, 4) is 23.0 Å². The monoisotopic (exact) mass is 414 g/mol. The second-order valence-electron chi connectivity index (χ2n) is 7.80. The van der Waals surface area contributed by atoms with Crippen LogP contribution in [0.4, 0.5) is 0 Å². The fraction of sp³-hybridized carbons (Fsp3) is 0.455. The van der Waals surface area contributed by atoms with Gasteiger partial charge < -0.3 is 38.3 Å². The topological polar surface area (TPSA) is 84.8 Å². The first kappa shape index (κ1) is 18.3. The predicted molar refractivity (Wildman–Crippen MR) is 102 cm³/mol. The lowest BCUT2D eigenvalue weighted by Gasteiger charge is -2.39. The van der Waals surface area contributed by atoms with Crippen molar-refractivity contribution in [2.45, 2.75) is 24.4 Å². The molecule has 2 fully saturated rings. The van der Waals surface area contributed by atoms with E-state index in [0.29, 0.717) is 35.2 Å². The van der Waals surface area contributed by atoms with E-state index in [9.17, 15) is 5.11 Å². The summed E-state index contributed by atoms with van der Waals surface area (Å²) < 4.78 is 40.3. The zero-order valence-electron chi connectivity index (χ0n) is 16.5. The highest BCUT2D eigenvalue weighted by Crippen LogP contribution is 2.58. The molecule has 0 bridgehead atoms. The molecule has 2 aromatic carbocycles. The Labute approximate surface area is 173 Å². The average Bonchev–Trinajstić information content (AvgIpc) is 3.51. The molecular weight excluding hydrogens is 392 g/mol. The Morgan fingerprint density at radius 3 is 2.43 bits per heavy atom. The first-order valence-corrected chi connectivity index (χ1v) is 10.1. The SMILES string of the molecule is CCO[C@@]1(c2ccc3c(c2)OCO3)OC[C@@H]2[C@@H](c3ccc4c(c3)OCO4)OC[C@@]21O. The molecule has 0 saturated carbocycles. The number of benzene rings is 2. The Bertz CT molecular complexity index is 993. The standard InChI is InChI=1S/C22H22O8/c1-2-29-22(14-4-6-17-19(8-14)28-12-26-17)21(23)10-24-20(15(21)9-30-22)13-3-5-16-18(7-13)27-11-25-16/h3-8,15,20,23H,2,9-12H2,1H3/t15-,20-,21-,22+/m1/s1. The summed E-state index contributed by atoms with van der Waals surface area (Å²) in [6.45, 7) is 2.97. The molecule has 0 aliphatic carbocycles. The Morgan fingerprint density at radius 1 is 0.967 bits per heavy atom. The van der Waals surface area contributed by atoms with Gasteiger partial charge in [0.1, 0.15) is 0 Å². The molecule has 0 unspecified atom stereocenters. The Hall–Kier alpha value is -2.52. The van der Waals surface area contributed by atoms with Crippen LogP contribution in [-0.2, 0) is 20.0 Å². The molecule has 158 valence electrons. The molecule has 0 radical (unpaired) electrons. The summed E-state index contributed by atoms with van der Waals surface area (Å²) in [5.74, 6) is 0.963. The van der Waals surface area contributed by atoms with Crippen molar-refractivity contribution in [3.63, 3.8) is 0 Å². The van der Waals surface area contributed by atoms with Crippen LogP contribution in [0.2, 0.25) is 0 Å². The van der Waals surface area contributed by atoms with E-state index in [0.717, 1.165) is 5.56 Å². The molecule has 1 N–H and O–H groups in total. The van der Waals surface area contributed by atoms with E-state index in [1.165, 1.54) is 0 Å². The van der Waals surface area contributed by atoms with E-state index in [1.807, 2.05) is 43.3 Å². The fourth-order valence-electron chi connectivity index (χ4n) is 4.89. The van der Waals surface area contributed by atoms with Crippen LogP contribution in [-0.4, -0.2) is 44.1 Å². The summed E-state index contributed by atoms with van der Waals surface area (Å²) in [4.78, 5) is 0. The second kappa shape index (κ2) is 6.49. The van der Waals surface area contributed by atoms with Crippen molar-refractivity contribution in [1.29, 1.82) is 0 Å². The summed E-state index contributed by atoms with van der Waals surface area (Å²) in [6, 6.07) is 11.2. The van der Waals surface area contributed by atoms with Crippen LogP contribution in [0.1, 0.15) is 24.2 Å². The lowest BCUT2D eigenvalue weighted by molar-refractivity contribution is -0.293. The van der Waals surface area contributed by atoms with Crippen molar-refractivity contribution in [2.75, 3.05) is 33.4 Å². The van der Waals surface area contributed by atoms with E-state index in [2.05, 4.69) is 0 Å². The molecule has 8 nitrogen and oxygen atoms in total. The minimum absolute atomic E-state index is 0.0746. The molecule has 2 aromatic rings. The molecule has 0 aromatic heterocycles. The molecule has 0 spiro atoms.